The van der Waals surface area contributed by atoms with Gasteiger partial charge < -0.3 is 33.3 Å². The van der Waals surface area contributed by atoms with Gasteiger partial charge >= 0.3 is 30.3 Å². The zero-order valence-corrected chi connectivity index (χ0v) is 41.7. The maximum Gasteiger partial charge on any atom is 0.430 e. The smallest absolute Gasteiger partial charge is 0.430 e. The maximum absolute atomic E-state index is 12.8. The highest BCUT2D eigenvalue weighted by molar-refractivity contribution is 7.97. The Bertz CT molecular complexity index is 2370. The highest BCUT2D eigenvalue weighted by Gasteiger charge is 2.71. The number of benzene rings is 4. The average Bonchev–Trinajstić information content (AvgIpc) is 3.87. The number of aliphatic hydroxyl groups is 1. The normalized spacial score (nSPS) is 15.5. The fraction of sp³-hybridized carbons (Fsp3) is 0.327. The number of alkyl halides is 8. The van der Waals surface area contributed by atoms with Crippen molar-refractivity contribution in [3.05, 3.63) is 170 Å². The van der Waals surface area contributed by atoms with Crippen molar-refractivity contribution in [3.63, 3.8) is 0 Å². The Labute approximate surface area is 427 Å². The Morgan fingerprint density at radius 2 is 1.09 bits per heavy atom. The predicted molar refractivity (Wildman–Crippen MR) is 259 cm³/mol. The molecule has 0 spiro atoms. The number of hydrogen-bond acceptors (Lipinski definition) is 12. The number of carbonyl (C=O) groups is 3. The van der Waals surface area contributed by atoms with E-state index < -0.39 is 76.2 Å². The van der Waals surface area contributed by atoms with Crippen LogP contribution in [0.2, 0.25) is 0 Å². The van der Waals surface area contributed by atoms with Crippen molar-refractivity contribution in [2.75, 3.05) is 25.6 Å². The zero-order valence-electron chi connectivity index (χ0n) is 40.0. The molecule has 2 saturated heterocycles. The fourth-order valence-electron chi connectivity index (χ4n) is 5.97. The Morgan fingerprint density at radius 3 is 1.41 bits per heavy atom. The van der Waals surface area contributed by atoms with E-state index in [2.05, 4.69) is 122 Å². The Hall–Kier alpha value is -6.17. The van der Waals surface area contributed by atoms with Crippen molar-refractivity contribution in [1.29, 1.82) is 0 Å². The largest absolute Gasteiger partial charge is 0.748 e. The van der Waals surface area contributed by atoms with Crippen LogP contribution >= 0.6 is 0 Å². The van der Waals surface area contributed by atoms with E-state index >= 15 is 0 Å². The summed E-state index contributed by atoms with van der Waals surface area (Å²) in [6.45, 7) is 15.1. The first-order valence-corrected chi connectivity index (χ1v) is 25.0. The SMILES string of the molecule is C=C(C)C(=O)OCCC(F)(F)CS(=O)(=O)[O-].C=CC(=O)OC1CCCCO1.C=CC(=O)OC1CCCO1.C=Cc1ccc(C(O)(C(F)(F)F)C(F)(F)F)cc1.c1ccc([S+](c2ccccc2)c2ccccc2)cc1. The molecule has 2 fully saturated rings. The van der Waals surface area contributed by atoms with Gasteiger partial charge in [-0.3, -0.25) is 0 Å². The van der Waals surface area contributed by atoms with Gasteiger partial charge in [-0.1, -0.05) is 111 Å². The van der Waals surface area contributed by atoms with Gasteiger partial charge in [0.25, 0.3) is 11.5 Å². The highest BCUT2D eigenvalue weighted by atomic mass is 32.2. The topological polar surface area (TPSA) is 175 Å². The maximum atomic E-state index is 12.8. The van der Waals surface area contributed by atoms with Crippen LogP contribution < -0.4 is 0 Å². The van der Waals surface area contributed by atoms with E-state index in [9.17, 15) is 62.5 Å². The summed E-state index contributed by atoms with van der Waals surface area (Å²) in [7, 11) is -5.02. The van der Waals surface area contributed by atoms with Crippen molar-refractivity contribution >= 4 is 45.0 Å². The molecule has 0 amide bonds. The van der Waals surface area contributed by atoms with E-state index in [-0.39, 0.29) is 29.0 Å². The molecule has 2 unspecified atom stereocenters. The lowest BCUT2D eigenvalue weighted by Crippen LogP contribution is -2.53. The standard InChI is InChI=1S/C18H15S.C11H8F6O.C8H12F2O5S.C8H12O3.C7H10O3/c1-4-10-16(11-5-1)19(17-12-6-2-7-13-17)18-14-8-3-9-15-18;1-2-7-3-5-8(6-4-7)9(18,10(12,13)14)11(15,16)17;1-6(2)7(11)15-4-3-8(9,10)5-16(12,13)14;1-2-7(9)11-8-5-3-4-6-10-8;1-2-6(8)10-7-4-3-5-9-7/h1-15H;2-6,18H,1H2;1,3-5H2,2H3,(H,12,13,14);2,8H,1,3-6H2;2,7H,1,3-5H2/q+1;;;;/p-1. The molecule has 12 nitrogen and oxygen atoms in total. The first-order chi connectivity index (χ1) is 34.7. The second-order valence-electron chi connectivity index (χ2n) is 15.5. The molecule has 1 N–H and O–H groups in total. The molecule has 0 aromatic heterocycles. The third-order valence-electron chi connectivity index (χ3n) is 9.61. The van der Waals surface area contributed by atoms with Crippen molar-refractivity contribution < 1.29 is 91.3 Å². The van der Waals surface area contributed by atoms with E-state index in [1.165, 1.54) is 27.7 Å². The molecule has 74 heavy (non-hydrogen) atoms. The van der Waals surface area contributed by atoms with Crippen molar-refractivity contribution in [2.45, 2.75) is 96.6 Å². The lowest BCUT2D eigenvalue weighted by Gasteiger charge is -2.32. The lowest BCUT2D eigenvalue weighted by molar-refractivity contribution is -0.376. The van der Waals surface area contributed by atoms with Crippen LogP contribution in [0.1, 0.15) is 56.6 Å². The summed E-state index contributed by atoms with van der Waals surface area (Å²) in [5.41, 5.74) is -5.78. The summed E-state index contributed by atoms with van der Waals surface area (Å²) in [5.74, 6) is -7.16. The number of rotatable bonds is 15. The molecule has 6 rings (SSSR count). The van der Waals surface area contributed by atoms with Crippen LogP contribution in [0.5, 0.6) is 0 Å². The van der Waals surface area contributed by atoms with E-state index in [4.69, 9.17) is 24.1 Å². The van der Waals surface area contributed by atoms with Crippen LogP contribution in [-0.2, 0) is 64.7 Å². The van der Waals surface area contributed by atoms with Gasteiger partial charge in [-0.2, -0.15) is 26.3 Å². The second-order valence-corrected chi connectivity index (χ2v) is 19.0. The van der Waals surface area contributed by atoms with Crippen LogP contribution in [-0.4, -0.2) is 92.4 Å². The molecule has 2 heterocycles. The van der Waals surface area contributed by atoms with Gasteiger partial charge in [0.1, 0.15) is 15.9 Å². The molecular formula is C52H56F8O12S2. The van der Waals surface area contributed by atoms with Crippen molar-refractivity contribution in [3.8, 4) is 0 Å². The Balaban J connectivity index is 0.000000323. The Morgan fingerprint density at radius 1 is 0.689 bits per heavy atom. The van der Waals surface area contributed by atoms with Crippen LogP contribution in [0.4, 0.5) is 35.1 Å². The lowest BCUT2D eigenvalue weighted by atomic mass is 9.91. The van der Waals surface area contributed by atoms with Crippen molar-refractivity contribution in [2.24, 2.45) is 0 Å². The minimum absolute atomic E-state index is 0.0146. The zero-order chi connectivity index (χ0) is 55.6. The molecule has 4 aromatic rings. The van der Waals surface area contributed by atoms with Gasteiger partial charge in [0.15, 0.2) is 14.7 Å². The molecule has 0 bridgehead atoms. The van der Waals surface area contributed by atoms with Crippen LogP contribution in [0.25, 0.3) is 6.08 Å². The summed E-state index contributed by atoms with van der Waals surface area (Å²) >= 11 is 0. The predicted octanol–water partition coefficient (Wildman–Crippen LogP) is 11.2. The van der Waals surface area contributed by atoms with Crippen LogP contribution in [0.15, 0.2) is 174 Å². The van der Waals surface area contributed by atoms with Crippen molar-refractivity contribution in [1.82, 2.24) is 0 Å². The Kier molecular flexibility index (Phi) is 26.7. The molecule has 404 valence electrons. The highest BCUT2D eigenvalue weighted by Crippen LogP contribution is 2.50. The number of carbonyl (C=O) groups excluding carboxylic acids is 3. The van der Waals surface area contributed by atoms with E-state index in [1.54, 1.807) is 0 Å². The molecule has 4 aromatic carbocycles. The fourth-order valence-corrected chi connectivity index (χ4v) is 8.74. The molecule has 0 radical (unpaired) electrons. The quantitative estimate of drug-likeness (QED) is 0.0298. The molecule has 0 saturated carbocycles. The number of halogens is 8. The van der Waals surface area contributed by atoms with Gasteiger partial charge in [-0.25, -0.2) is 31.6 Å². The summed E-state index contributed by atoms with van der Waals surface area (Å²) < 4.78 is 155. The second kappa shape index (κ2) is 30.9. The molecule has 2 aliphatic rings. The number of ether oxygens (including phenoxy) is 5. The summed E-state index contributed by atoms with van der Waals surface area (Å²) in [5, 5.41) is 9.04. The van der Waals surface area contributed by atoms with Crippen LogP contribution in [0.3, 0.4) is 0 Å². The van der Waals surface area contributed by atoms with Gasteiger partial charge in [-0.05, 0) is 68.1 Å². The minimum Gasteiger partial charge on any atom is -0.748 e. The average molecular weight is 1090 g/mol. The first kappa shape index (κ1) is 63.9. The molecule has 22 heteroatoms. The first-order valence-electron chi connectivity index (χ1n) is 22.2. The van der Waals surface area contributed by atoms with Gasteiger partial charge in [0.05, 0.1) is 30.7 Å². The monoisotopic (exact) mass is 1090 g/mol. The van der Waals surface area contributed by atoms with E-state index in [0.717, 1.165) is 56.4 Å². The van der Waals surface area contributed by atoms with Gasteiger partial charge in [0, 0.05) is 42.6 Å². The van der Waals surface area contributed by atoms with E-state index in [0.29, 0.717) is 30.9 Å². The molecule has 0 aliphatic carbocycles. The van der Waals surface area contributed by atoms with Gasteiger partial charge in [0.2, 0.25) is 12.6 Å². The number of hydrogen-bond donors (Lipinski definition) is 1. The third-order valence-corrected chi connectivity index (χ3v) is 12.6. The minimum atomic E-state index is -5.86. The summed E-state index contributed by atoms with van der Waals surface area (Å²) in [6.07, 6.45) is -5.16. The molecule has 2 aliphatic heterocycles. The van der Waals surface area contributed by atoms with Crippen LogP contribution in [0, 0.1) is 0 Å². The molecule has 2 atom stereocenters. The summed E-state index contributed by atoms with van der Waals surface area (Å²) in [6, 6.07) is 35.3. The summed E-state index contributed by atoms with van der Waals surface area (Å²) in [4.78, 5) is 36.1. The number of esters is 3. The molecular weight excluding hydrogens is 1030 g/mol. The third kappa shape index (κ3) is 22.9. The van der Waals surface area contributed by atoms with Gasteiger partial charge in [-0.15, -0.1) is 0 Å². The van der Waals surface area contributed by atoms with E-state index in [1.807, 2.05) is 0 Å².